The molecular formula is C15H21N3O2. The molecule has 0 spiro atoms. The largest absolute Gasteiger partial charge is 0.351 e. The van der Waals surface area contributed by atoms with Crippen LogP contribution in [0.3, 0.4) is 0 Å². The number of nitrogens with one attached hydrogen (secondary N) is 2. The van der Waals surface area contributed by atoms with Gasteiger partial charge in [0.05, 0.1) is 13.1 Å². The third-order valence-corrected chi connectivity index (χ3v) is 3.47. The highest BCUT2D eigenvalue weighted by molar-refractivity contribution is 5.85. The molecule has 1 fully saturated rings. The normalized spacial score (nSPS) is 15.4. The molecule has 2 amide bonds. The smallest absolute Gasteiger partial charge is 0.239 e. The predicted molar refractivity (Wildman–Crippen MR) is 76.9 cm³/mol. The van der Waals surface area contributed by atoms with Crippen LogP contribution in [0.25, 0.3) is 0 Å². The van der Waals surface area contributed by atoms with Crippen LogP contribution in [0.2, 0.25) is 0 Å². The summed E-state index contributed by atoms with van der Waals surface area (Å²) in [6.45, 7) is -0.0998. The number of hydrogen-bond donors (Lipinski definition) is 3. The van der Waals surface area contributed by atoms with Crippen LogP contribution in [-0.2, 0) is 16.0 Å². The van der Waals surface area contributed by atoms with Crippen molar-refractivity contribution in [2.75, 3.05) is 13.1 Å². The van der Waals surface area contributed by atoms with E-state index >= 15 is 0 Å². The molecule has 0 aromatic heterocycles. The van der Waals surface area contributed by atoms with Gasteiger partial charge in [0.2, 0.25) is 11.8 Å². The molecule has 1 atom stereocenters. The molecule has 108 valence electrons. The summed E-state index contributed by atoms with van der Waals surface area (Å²) in [5, 5.41) is 5.50. The third-order valence-electron chi connectivity index (χ3n) is 3.47. The second-order valence-corrected chi connectivity index (χ2v) is 5.18. The van der Waals surface area contributed by atoms with Crippen molar-refractivity contribution >= 4 is 11.8 Å². The monoisotopic (exact) mass is 275 g/mol. The fourth-order valence-electron chi connectivity index (χ4n) is 2.21. The molecule has 1 unspecified atom stereocenters. The minimum absolute atomic E-state index is 0.00591. The van der Waals surface area contributed by atoms with Crippen molar-refractivity contribution in [3.8, 4) is 0 Å². The molecule has 4 N–H and O–H groups in total. The highest BCUT2D eigenvalue weighted by atomic mass is 16.2. The zero-order chi connectivity index (χ0) is 14.4. The topological polar surface area (TPSA) is 84.2 Å². The van der Waals surface area contributed by atoms with Gasteiger partial charge in [-0.25, -0.2) is 0 Å². The van der Waals surface area contributed by atoms with Crippen molar-refractivity contribution in [2.24, 2.45) is 11.7 Å². The van der Waals surface area contributed by atoms with E-state index in [-0.39, 0.29) is 30.9 Å². The Morgan fingerprint density at radius 1 is 1.20 bits per heavy atom. The van der Waals surface area contributed by atoms with Gasteiger partial charge in [0.25, 0.3) is 0 Å². The molecule has 5 nitrogen and oxygen atoms in total. The minimum atomic E-state index is -0.314. The lowest BCUT2D eigenvalue weighted by atomic mass is 10.0. The zero-order valence-electron chi connectivity index (χ0n) is 11.5. The van der Waals surface area contributed by atoms with Gasteiger partial charge in [-0.05, 0) is 30.7 Å². The van der Waals surface area contributed by atoms with E-state index in [2.05, 4.69) is 22.8 Å². The van der Waals surface area contributed by atoms with Gasteiger partial charge in [-0.2, -0.15) is 0 Å². The molecule has 1 aromatic carbocycles. The lowest BCUT2D eigenvalue weighted by molar-refractivity contribution is -0.125. The SMILES string of the molecule is NCC(=O)NCC(=O)NC(Cc1ccccc1)C1CC1. The van der Waals surface area contributed by atoms with Crippen molar-refractivity contribution in [3.63, 3.8) is 0 Å². The molecule has 1 aromatic rings. The molecule has 0 heterocycles. The van der Waals surface area contributed by atoms with Gasteiger partial charge >= 0.3 is 0 Å². The van der Waals surface area contributed by atoms with Gasteiger partial charge in [-0.3, -0.25) is 9.59 Å². The maximum atomic E-state index is 11.8. The van der Waals surface area contributed by atoms with Crippen LogP contribution in [0.1, 0.15) is 18.4 Å². The maximum Gasteiger partial charge on any atom is 0.239 e. The Labute approximate surface area is 118 Å². The van der Waals surface area contributed by atoms with Gasteiger partial charge in [0, 0.05) is 6.04 Å². The molecule has 1 aliphatic rings. The predicted octanol–water partition coefficient (Wildman–Crippen LogP) is 0.199. The van der Waals surface area contributed by atoms with E-state index in [4.69, 9.17) is 5.73 Å². The number of carbonyl (C=O) groups is 2. The summed E-state index contributed by atoms with van der Waals surface area (Å²) in [7, 11) is 0. The van der Waals surface area contributed by atoms with Gasteiger partial charge in [-0.15, -0.1) is 0 Å². The van der Waals surface area contributed by atoms with Gasteiger partial charge in [0.1, 0.15) is 0 Å². The van der Waals surface area contributed by atoms with Crippen LogP contribution >= 0.6 is 0 Å². The summed E-state index contributed by atoms with van der Waals surface area (Å²) in [6, 6.07) is 10.3. The first-order chi connectivity index (χ1) is 9.69. The number of hydrogen-bond acceptors (Lipinski definition) is 3. The number of nitrogens with two attached hydrogens (primary N) is 1. The Bertz CT molecular complexity index is 457. The second-order valence-electron chi connectivity index (χ2n) is 5.18. The highest BCUT2D eigenvalue weighted by Gasteiger charge is 2.32. The van der Waals surface area contributed by atoms with Crippen LogP contribution in [-0.4, -0.2) is 30.9 Å². The molecule has 0 radical (unpaired) electrons. The Balaban J connectivity index is 1.83. The van der Waals surface area contributed by atoms with E-state index in [1.165, 1.54) is 5.56 Å². The molecule has 0 bridgehead atoms. The Morgan fingerprint density at radius 2 is 1.90 bits per heavy atom. The van der Waals surface area contributed by atoms with E-state index in [1.807, 2.05) is 18.2 Å². The molecular weight excluding hydrogens is 254 g/mol. The van der Waals surface area contributed by atoms with Crippen LogP contribution < -0.4 is 16.4 Å². The van der Waals surface area contributed by atoms with Crippen LogP contribution in [0.5, 0.6) is 0 Å². The highest BCUT2D eigenvalue weighted by Crippen LogP contribution is 2.34. The summed E-state index contributed by atoms with van der Waals surface area (Å²) in [4.78, 5) is 22.9. The zero-order valence-corrected chi connectivity index (χ0v) is 11.5. The second kappa shape index (κ2) is 7.05. The molecule has 5 heteroatoms. The van der Waals surface area contributed by atoms with Gasteiger partial charge in [0.15, 0.2) is 0 Å². The Hall–Kier alpha value is -1.88. The minimum Gasteiger partial charge on any atom is -0.351 e. The summed E-state index contributed by atoms with van der Waals surface area (Å²) in [5.41, 5.74) is 6.39. The average molecular weight is 275 g/mol. The molecule has 0 saturated heterocycles. The lowest BCUT2D eigenvalue weighted by Gasteiger charge is -2.18. The summed E-state index contributed by atoms with van der Waals surface area (Å²) in [5.74, 6) is 0.0928. The summed E-state index contributed by atoms with van der Waals surface area (Å²) >= 11 is 0. The fraction of sp³-hybridized carbons (Fsp3) is 0.467. The van der Waals surface area contributed by atoms with Crippen LogP contribution in [0, 0.1) is 5.92 Å². The average Bonchev–Trinajstić information content (AvgIpc) is 3.29. The standard InChI is InChI=1S/C15H21N3O2/c16-9-14(19)17-10-15(20)18-13(12-6-7-12)8-11-4-2-1-3-5-11/h1-5,12-13H,6-10,16H2,(H,17,19)(H,18,20). The van der Waals surface area contributed by atoms with E-state index in [0.29, 0.717) is 5.92 Å². The van der Waals surface area contributed by atoms with Crippen LogP contribution in [0.4, 0.5) is 0 Å². The summed E-state index contributed by atoms with van der Waals surface area (Å²) < 4.78 is 0. The fourth-order valence-corrected chi connectivity index (χ4v) is 2.21. The van der Waals surface area contributed by atoms with Gasteiger partial charge in [-0.1, -0.05) is 30.3 Å². The Morgan fingerprint density at radius 3 is 2.50 bits per heavy atom. The van der Waals surface area contributed by atoms with Crippen molar-refractivity contribution in [1.82, 2.24) is 10.6 Å². The van der Waals surface area contributed by atoms with Crippen molar-refractivity contribution in [3.05, 3.63) is 35.9 Å². The molecule has 1 aliphatic carbocycles. The number of carbonyl (C=O) groups excluding carboxylic acids is 2. The van der Waals surface area contributed by atoms with Crippen molar-refractivity contribution in [1.29, 1.82) is 0 Å². The van der Waals surface area contributed by atoms with E-state index in [1.54, 1.807) is 0 Å². The van der Waals surface area contributed by atoms with Crippen LogP contribution in [0.15, 0.2) is 30.3 Å². The molecule has 2 rings (SSSR count). The van der Waals surface area contributed by atoms with E-state index < -0.39 is 0 Å². The molecule has 0 aliphatic heterocycles. The first-order valence-corrected chi connectivity index (χ1v) is 6.99. The number of benzene rings is 1. The molecule has 20 heavy (non-hydrogen) atoms. The van der Waals surface area contributed by atoms with Crippen molar-refractivity contribution in [2.45, 2.75) is 25.3 Å². The Kier molecular flexibility index (Phi) is 5.12. The number of amides is 2. The lowest BCUT2D eigenvalue weighted by Crippen LogP contribution is -2.44. The first kappa shape index (κ1) is 14.5. The van der Waals surface area contributed by atoms with E-state index in [9.17, 15) is 9.59 Å². The third kappa shape index (κ3) is 4.66. The molecule has 1 saturated carbocycles. The van der Waals surface area contributed by atoms with Gasteiger partial charge < -0.3 is 16.4 Å². The summed E-state index contributed by atoms with van der Waals surface area (Å²) in [6.07, 6.45) is 3.15. The number of rotatable bonds is 7. The maximum absolute atomic E-state index is 11.8. The van der Waals surface area contributed by atoms with Crippen molar-refractivity contribution < 1.29 is 9.59 Å². The quantitative estimate of drug-likeness (QED) is 0.664. The first-order valence-electron chi connectivity index (χ1n) is 6.99. The van der Waals surface area contributed by atoms with E-state index in [0.717, 1.165) is 19.3 Å².